The van der Waals surface area contributed by atoms with Crippen LogP contribution in [0, 0.1) is 0 Å². The largest absolute Gasteiger partial charge is 0.416 e. The summed E-state index contributed by atoms with van der Waals surface area (Å²) in [7, 11) is 0. The van der Waals surface area contributed by atoms with E-state index in [1.54, 1.807) is 0 Å². The molecule has 8 aromatic carbocycles. The van der Waals surface area contributed by atoms with Crippen molar-refractivity contribution >= 4 is 43.6 Å². The Balaban J connectivity index is 0.997. The summed E-state index contributed by atoms with van der Waals surface area (Å²) in [6, 6.07) is 68.5. The van der Waals surface area contributed by atoms with E-state index in [0.29, 0.717) is 29.3 Å². The molecule has 4 heterocycles. The zero-order valence-corrected chi connectivity index (χ0v) is 32.6. The molecule has 0 unspecified atom stereocenters. The van der Waals surface area contributed by atoms with E-state index in [9.17, 15) is 0 Å². The van der Waals surface area contributed by atoms with Crippen LogP contribution in [0.4, 0.5) is 0 Å². The number of para-hydroxylation sites is 4. The maximum atomic E-state index is 6.64. The molecular weight excluding hydrogens is 751 g/mol. The SMILES string of the molecule is c1ccc(-c2nc(-c3ccccc3)nc(-c3cccc(-n4c5ccccc5c5cccc(-c6nnc(-c7ccc8c(c7)c7ccccc7n8-c7ccccc7)o6)c54)c3)n2)cc1. The van der Waals surface area contributed by atoms with Gasteiger partial charge in [0.25, 0.3) is 0 Å². The summed E-state index contributed by atoms with van der Waals surface area (Å²) in [5.41, 5.74) is 10.7. The van der Waals surface area contributed by atoms with E-state index in [2.05, 4.69) is 148 Å². The first-order valence-electron chi connectivity index (χ1n) is 20.2. The summed E-state index contributed by atoms with van der Waals surface area (Å²) in [6.07, 6.45) is 0. The molecule has 12 rings (SSSR count). The molecule has 8 nitrogen and oxygen atoms in total. The Morgan fingerprint density at radius 2 is 0.836 bits per heavy atom. The molecule has 286 valence electrons. The number of rotatable bonds is 7. The predicted octanol–water partition coefficient (Wildman–Crippen LogP) is 12.8. The van der Waals surface area contributed by atoms with E-state index >= 15 is 0 Å². The number of nitrogens with zero attached hydrogens (tertiary/aromatic N) is 7. The highest BCUT2D eigenvalue weighted by Gasteiger charge is 2.22. The normalized spacial score (nSPS) is 11.6. The van der Waals surface area contributed by atoms with Crippen molar-refractivity contribution in [1.29, 1.82) is 0 Å². The Morgan fingerprint density at radius 1 is 0.328 bits per heavy atom. The molecule has 8 heteroatoms. The van der Waals surface area contributed by atoms with Gasteiger partial charge in [-0.3, -0.25) is 0 Å². The van der Waals surface area contributed by atoms with Gasteiger partial charge in [0, 0.05) is 55.2 Å². The van der Waals surface area contributed by atoms with E-state index in [1.165, 1.54) is 0 Å². The molecule has 12 aromatic rings. The van der Waals surface area contributed by atoms with Crippen LogP contribution in [0.25, 0.3) is 112 Å². The van der Waals surface area contributed by atoms with Crippen molar-refractivity contribution in [2.24, 2.45) is 0 Å². The summed E-state index contributed by atoms with van der Waals surface area (Å²) in [5.74, 6) is 2.70. The summed E-state index contributed by atoms with van der Waals surface area (Å²) in [5, 5.41) is 13.8. The van der Waals surface area contributed by atoms with Crippen molar-refractivity contribution < 1.29 is 4.42 Å². The first kappa shape index (κ1) is 34.5. The molecule has 0 atom stereocenters. The van der Waals surface area contributed by atoms with Crippen molar-refractivity contribution in [1.82, 2.24) is 34.3 Å². The third kappa shape index (κ3) is 5.80. The predicted molar refractivity (Wildman–Crippen MR) is 244 cm³/mol. The second kappa shape index (κ2) is 14.1. The van der Waals surface area contributed by atoms with Crippen LogP contribution in [0.5, 0.6) is 0 Å². The summed E-state index contributed by atoms with van der Waals surface area (Å²) in [6.45, 7) is 0. The van der Waals surface area contributed by atoms with Crippen molar-refractivity contribution in [3.05, 3.63) is 200 Å². The topological polar surface area (TPSA) is 87.5 Å². The average Bonchev–Trinajstić information content (AvgIpc) is 4.06. The highest BCUT2D eigenvalue weighted by molar-refractivity contribution is 6.13. The second-order valence-electron chi connectivity index (χ2n) is 15.0. The summed E-state index contributed by atoms with van der Waals surface area (Å²) >= 11 is 0. The van der Waals surface area contributed by atoms with E-state index in [4.69, 9.17) is 24.5 Å². The van der Waals surface area contributed by atoms with Crippen molar-refractivity contribution in [3.63, 3.8) is 0 Å². The quantitative estimate of drug-likeness (QED) is 0.160. The first-order valence-corrected chi connectivity index (χ1v) is 20.2. The van der Waals surface area contributed by atoms with Crippen molar-refractivity contribution in [2.45, 2.75) is 0 Å². The zero-order valence-electron chi connectivity index (χ0n) is 32.6. The van der Waals surface area contributed by atoms with Crippen LogP contribution in [-0.4, -0.2) is 34.3 Å². The van der Waals surface area contributed by atoms with E-state index in [1.807, 2.05) is 66.7 Å². The third-order valence-electron chi connectivity index (χ3n) is 11.3. The molecule has 0 bridgehead atoms. The van der Waals surface area contributed by atoms with Gasteiger partial charge < -0.3 is 13.6 Å². The van der Waals surface area contributed by atoms with Gasteiger partial charge in [0.15, 0.2) is 17.5 Å². The molecule has 0 spiro atoms. The Kier molecular flexibility index (Phi) is 7.99. The summed E-state index contributed by atoms with van der Waals surface area (Å²) in [4.78, 5) is 15.0. The molecule has 61 heavy (non-hydrogen) atoms. The maximum absolute atomic E-state index is 6.64. The standard InChI is InChI=1S/C53H33N7O/c1-4-16-34(17-5-1)49-54-50(35-18-6-2-7-19-35)56-51(55-49)36-20-14-23-39(32-36)60-46-29-13-10-24-40(46)42-26-15-27-43(48(42)60)53-58-57-52(61-53)37-30-31-47-44(33-37)41-25-11-12-28-45(41)59(47)38-21-8-3-9-22-38/h1-33H. The Bertz CT molecular complexity index is 3530. The zero-order chi connectivity index (χ0) is 40.3. The van der Waals surface area contributed by atoms with E-state index in [0.717, 1.165) is 82.8 Å². The van der Waals surface area contributed by atoms with Crippen LogP contribution in [0.1, 0.15) is 0 Å². The Morgan fingerprint density at radius 3 is 1.54 bits per heavy atom. The van der Waals surface area contributed by atoms with Gasteiger partial charge in [0.05, 0.1) is 27.6 Å². The first-order chi connectivity index (χ1) is 30.2. The monoisotopic (exact) mass is 783 g/mol. The molecule has 0 aliphatic rings. The summed E-state index contributed by atoms with van der Waals surface area (Å²) < 4.78 is 11.2. The van der Waals surface area contributed by atoms with Crippen LogP contribution in [0.2, 0.25) is 0 Å². The van der Waals surface area contributed by atoms with E-state index in [-0.39, 0.29) is 0 Å². The lowest BCUT2D eigenvalue weighted by atomic mass is 10.1. The number of fused-ring (bicyclic) bond motifs is 6. The van der Waals surface area contributed by atoms with Gasteiger partial charge in [-0.25, -0.2) is 15.0 Å². The van der Waals surface area contributed by atoms with Gasteiger partial charge in [-0.05, 0) is 60.7 Å². The highest BCUT2D eigenvalue weighted by atomic mass is 16.4. The lowest BCUT2D eigenvalue weighted by molar-refractivity contribution is 0.585. The van der Waals surface area contributed by atoms with Crippen LogP contribution < -0.4 is 0 Å². The fourth-order valence-electron chi connectivity index (χ4n) is 8.59. The Hall–Kier alpha value is -8.49. The lowest BCUT2D eigenvalue weighted by Crippen LogP contribution is -2.01. The fourth-order valence-corrected chi connectivity index (χ4v) is 8.59. The molecule has 0 saturated carbocycles. The molecular formula is C53H33N7O. The number of aromatic nitrogens is 7. The third-order valence-corrected chi connectivity index (χ3v) is 11.3. The van der Waals surface area contributed by atoms with Crippen LogP contribution in [0.3, 0.4) is 0 Å². The van der Waals surface area contributed by atoms with Gasteiger partial charge in [0.1, 0.15) is 0 Å². The van der Waals surface area contributed by atoms with Crippen LogP contribution in [0.15, 0.2) is 205 Å². The van der Waals surface area contributed by atoms with E-state index < -0.39 is 0 Å². The molecule has 0 fully saturated rings. The average molecular weight is 784 g/mol. The Labute approximate surface area is 349 Å². The molecule has 0 amide bonds. The van der Waals surface area contributed by atoms with Gasteiger partial charge >= 0.3 is 0 Å². The molecule has 0 radical (unpaired) electrons. The van der Waals surface area contributed by atoms with Crippen molar-refractivity contribution in [3.8, 4) is 68.4 Å². The molecule has 0 N–H and O–H groups in total. The molecule has 0 aliphatic carbocycles. The number of hydrogen-bond donors (Lipinski definition) is 0. The minimum Gasteiger partial charge on any atom is -0.416 e. The van der Waals surface area contributed by atoms with Gasteiger partial charge in [0.2, 0.25) is 11.8 Å². The van der Waals surface area contributed by atoms with Crippen LogP contribution in [-0.2, 0) is 0 Å². The number of hydrogen-bond acceptors (Lipinski definition) is 6. The lowest BCUT2D eigenvalue weighted by Gasteiger charge is -2.12. The van der Waals surface area contributed by atoms with Crippen molar-refractivity contribution in [2.75, 3.05) is 0 Å². The van der Waals surface area contributed by atoms with Crippen LogP contribution >= 0.6 is 0 Å². The fraction of sp³-hybridized carbons (Fsp3) is 0. The van der Waals surface area contributed by atoms with Gasteiger partial charge in [-0.15, -0.1) is 10.2 Å². The number of benzene rings is 8. The van der Waals surface area contributed by atoms with Gasteiger partial charge in [-0.2, -0.15) is 0 Å². The smallest absolute Gasteiger partial charge is 0.250 e. The molecule has 4 aromatic heterocycles. The van der Waals surface area contributed by atoms with Gasteiger partial charge in [-0.1, -0.05) is 140 Å². The maximum Gasteiger partial charge on any atom is 0.250 e. The second-order valence-corrected chi connectivity index (χ2v) is 15.0. The minimum absolute atomic E-state index is 0.435. The molecule has 0 saturated heterocycles. The minimum atomic E-state index is 0.435. The molecule has 0 aliphatic heterocycles. The highest BCUT2D eigenvalue weighted by Crippen LogP contribution is 2.40.